The predicted molar refractivity (Wildman–Crippen MR) is 195 cm³/mol. The van der Waals surface area contributed by atoms with Crippen LogP contribution in [-0.4, -0.2) is 62.6 Å². The van der Waals surface area contributed by atoms with Gasteiger partial charge in [-0.25, -0.2) is 4.79 Å². The van der Waals surface area contributed by atoms with Gasteiger partial charge in [0.1, 0.15) is 11.6 Å². The number of aromatic nitrogens is 4. The quantitative estimate of drug-likeness (QED) is 0.123. The van der Waals surface area contributed by atoms with E-state index in [0.29, 0.717) is 41.6 Å². The molecule has 0 bridgehead atoms. The highest BCUT2D eigenvalue weighted by atomic mass is 35.5. The summed E-state index contributed by atoms with van der Waals surface area (Å²) in [5.41, 5.74) is 3.62. The molecule has 1 fully saturated rings. The molecule has 1 aromatic heterocycles. The zero-order chi connectivity index (χ0) is 36.5. The third-order valence-electron chi connectivity index (χ3n) is 8.51. The highest BCUT2D eigenvalue weighted by molar-refractivity contribution is 6.33. The molecule has 0 spiro atoms. The van der Waals surface area contributed by atoms with Crippen LogP contribution in [0.4, 0.5) is 16.2 Å². The number of anilines is 2. The first kappa shape index (κ1) is 37.0. The number of hydrogen-bond donors (Lipinski definition) is 5. The topological polar surface area (TPSA) is 180 Å². The van der Waals surface area contributed by atoms with Crippen LogP contribution in [0.3, 0.4) is 0 Å². The van der Waals surface area contributed by atoms with Crippen LogP contribution in [0.1, 0.15) is 58.9 Å². The first-order valence-corrected chi connectivity index (χ1v) is 17.3. The average molecular weight is 715 g/mol. The standard InChI is InChI=1S/C37H43ClN8O5/c1-22(47)40-29-16-17-31(38)30(20-29)27-7-5-6-24(18-27)19-32(35(49)41-28-14-12-25(13-15-28)33-43-45-46-44-33)42-34(48)26-10-8-23(9-11-26)21-39-36(50)51-37(2,3)4/h5-7,12-18,20,23,26,32H,8-11,19,21H2,1-4H3,(H,39,50)(H,40,47)(H,41,49)(H,42,48)(H,43,44,45,46)/t23?,26?,32-/m0/s1. The van der Waals surface area contributed by atoms with Gasteiger partial charge in [0, 0.05) is 53.3 Å². The zero-order valence-corrected chi connectivity index (χ0v) is 29.8. The molecule has 1 saturated carbocycles. The molecule has 1 aliphatic carbocycles. The number of tetrazole rings is 1. The summed E-state index contributed by atoms with van der Waals surface area (Å²) in [6.45, 7) is 7.37. The van der Waals surface area contributed by atoms with E-state index in [4.69, 9.17) is 16.3 Å². The van der Waals surface area contributed by atoms with Crippen molar-refractivity contribution < 1.29 is 23.9 Å². The lowest BCUT2D eigenvalue weighted by molar-refractivity contribution is -0.130. The number of hydrogen-bond acceptors (Lipinski definition) is 8. The van der Waals surface area contributed by atoms with E-state index < -0.39 is 17.7 Å². The van der Waals surface area contributed by atoms with E-state index >= 15 is 0 Å². The van der Waals surface area contributed by atoms with Crippen LogP contribution in [-0.2, 0) is 25.5 Å². The Bertz CT molecular complexity index is 1830. The van der Waals surface area contributed by atoms with Crippen molar-refractivity contribution in [1.82, 2.24) is 31.3 Å². The number of rotatable bonds is 11. The van der Waals surface area contributed by atoms with Gasteiger partial charge in [-0.3, -0.25) is 14.4 Å². The Kier molecular flexibility index (Phi) is 12.0. The highest BCUT2D eigenvalue weighted by Gasteiger charge is 2.30. The van der Waals surface area contributed by atoms with E-state index in [1.807, 2.05) is 45.0 Å². The minimum Gasteiger partial charge on any atom is -0.444 e. The smallest absolute Gasteiger partial charge is 0.407 e. The summed E-state index contributed by atoms with van der Waals surface area (Å²) in [4.78, 5) is 51.3. The molecular weight excluding hydrogens is 672 g/mol. The van der Waals surface area contributed by atoms with Gasteiger partial charge < -0.3 is 26.0 Å². The van der Waals surface area contributed by atoms with Crippen LogP contribution in [0, 0.1) is 11.8 Å². The van der Waals surface area contributed by atoms with E-state index in [1.54, 1.807) is 42.5 Å². The fraction of sp³-hybridized carbons (Fsp3) is 0.378. The van der Waals surface area contributed by atoms with Gasteiger partial charge in [0.05, 0.1) is 0 Å². The minimum atomic E-state index is -0.891. The third kappa shape index (κ3) is 10.8. The normalized spacial score (nSPS) is 16.4. The molecule has 1 aliphatic rings. The van der Waals surface area contributed by atoms with Crippen molar-refractivity contribution >= 4 is 46.8 Å². The SMILES string of the molecule is CC(=O)Nc1ccc(Cl)c(-c2cccc(C[C@H](NC(=O)C3CCC(CNC(=O)OC(C)(C)C)CC3)C(=O)Nc3ccc(-c4nn[nH]n4)cc3)c2)c1. The number of aromatic amines is 1. The van der Waals surface area contributed by atoms with Crippen LogP contribution in [0.5, 0.6) is 0 Å². The van der Waals surface area contributed by atoms with Crippen molar-refractivity contribution in [3.05, 3.63) is 77.3 Å². The molecule has 4 aromatic rings. The molecule has 0 unspecified atom stereocenters. The molecule has 268 valence electrons. The maximum Gasteiger partial charge on any atom is 0.407 e. The number of nitrogens with zero attached hydrogens (tertiary/aromatic N) is 3. The highest BCUT2D eigenvalue weighted by Crippen LogP contribution is 2.32. The van der Waals surface area contributed by atoms with Crippen LogP contribution in [0.15, 0.2) is 66.7 Å². The number of carbonyl (C=O) groups is 4. The molecule has 5 rings (SSSR count). The maximum absolute atomic E-state index is 13.8. The predicted octanol–water partition coefficient (Wildman–Crippen LogP) is 6.14. The van der Waals surface area contributed by atoms with Crippen LogP contribution >= 0.6 is 11.6 Å². The number of amides is 4. The van der Waals surface area contributed by atoms with Gasteiger partial charge in [-0.2, -0.15) is 5.21 Å². The van der Waals surface area contributed by atoms with E-state index in [2.05, 4.69) is 41.9 Å². The lowest BCUT2D eigenvalue weighted by atomic mass is 9.81. The second kappa shape index (κ2) is 16.6. The summed E-state index contributed by atoms with van der Waals surface area (Å²) in [6.07, 6.45) is 2.56. The lowest BCUT2D eigenvalue weighted by Crippen LogP contribution is -2.48. The summed E-state index contributed by atoms with van der Waals surface area (Å²) in [5, 5.41) is 26.1. The number of halogens is 1. The van der Waals surface area contributed by atoms with Crippen molar-refractivity contribution in [1.29, 1.82) is 0 Å². The molecule has 1 heterocycles. The van der Waals surface area contributed by atoms with Crippen molar-refractivity contribution in [3.8, 4) is 22.5 Å². The first-order valence-electron chi connectivity index (χ1n) is 16.9. The van der Waals surface area contributed by atoms with Crippen LogP contribution in [0.25, 0.3) is 22.5 Å². The van der Waals surface area contributed by atoms with Gasteiger partial charge in [-0.15, -0.1) is 10.2 Å². The number of alkyl carbamates (subject to hydrolysis) is 1. The summed E-state index contributed by atoms with van der Waals surface area (Å²) in [7, 11) is 0. The van der Waals surface area contributed by atoms with Crippen molar-refractivity contribution in [2.45, 2.75) is 71.4 Å². The lowest BCUT2D eigenvalue weighted by Gasteiger charge is -2.29. The molecule has 14 heteroatoms. The second-order valence-electron chi connectivity index (χ2n) is 13.7. The van der Waals surface area contributed by atoms with Gasteiger partial charge >= 0.3 is 6.09 Å². The molecule has 0 radical (unpaired) electrons. The van der Waals surface area contributed by atoms with Crippen molar-refractivity contribution in [2.75, 3.05) is 17.2 Å². The van der Waals surface area contributed by atoms with Gasteiger partial charge in [0.15, 0.2) is 0 Å². The minimum absolute atomic E-state index is 0.191. The first-order chi connectivity index (χ1) is 24.3. The Morgan fingerprint density at radius 3 is 2.31 bits per heavy atom. The number of H-pyrrole nitrogens is 1. The summed E-state index contributed by atoms with van der Waals surface area (Å²) >= 11 is 6.56. The van der Waals surface area contributed by atoms with E-state index in [0.717, 1.165) is 35.1 Å². The van der Waals surface area contributed by atoms with Gasteiger partial charge in [-0.1, -0.05) is 35.9 Å². The van der Waals surface area contributed by atoms with Crippen molar-refractivity contribution in [2.24, 2.45) is 11.8 Å². The molecule has 4 amide bonds. The van der Waals surface area contributed by atoms with Gasteiger partial charge in [-0.05, 0) is 111 Å². The zero-order valence-electron chi connectivity index (χ0n) is 29.1. The number of carbonyl (C=O) groups excluding carboxylic acids is 4. The van der Waals surface area contributed by atoms with E-state index in [-0.39, 0.29) is 36.0 Å². The van der Waals surface area contributed by atoms with E-state index in [9.17, 15) is 19.2 Å². The molecule has 1 atom stereocenters. The van der Waals surface area contributed by atoms with Gasteiger partial charge in [0.2, 0.25) is 23.5 Å². The molecular formula is C37H43ClN8O5. The Morgan fingerprint density at radius 1 is 0.922 bits per heavy atom. The van der Waals surface area contributed by atoms with Gasteiger partial charge in [0.25, 0.3) is 0 Å². The molecule has 3 aromatic carbocycles. The summed E-state index contributed by atoms with van der Waals surface area (Å²) < 4.78 is 5.34. The second-order valence-corrected chi connectivity index (χ2v) is 14.2. The fourth-order valence-electron chi connectivity index (χ4n) is 6.01. The van der Waals surface area contributed by atoms with Crippen LogP contribution in [0.2, 0.25) is 5.02 Å². The molecule has 0 aliphatic heterocycles. The van der Waals surface area contributed by atoms with E-state index in [1.165, 1.54) is 6.92 Å². The number of ether oxygens (including phenoxy) is 1. The molecule has 51 heavy (non-hydrogen) atoms. The average Bonchev–Trinajstić information content (AvgIpc) is 3.63. The Labute approximate surface area is 301 Å². The maximum atomic E-state index is 13.8. The summed E-state index contributed by atoms with van der Waals surface area (Å²) in [6, 6.07) is 19.0. The fourth-order valence-corrected chi connectivity index (χ4v) is 6.24. The summed E-state index contributed by atoms with van der Waals surface area (Å²) in [5.74, 6) is -0.373. The monoisotopic (exact) mass is 714 g/mol. The number of nitrogens with one attached hydrogen (secondary N) is 5. The Hall–Kier alpha value is -5.30. The number of benzene rings is 3. The van der Waals surface area contributed by atoms with Crippen LogP contribution < -0.4 is 21.3 Å². The molecule has 13 nitrogen and oxygen atoms in total. The Morgan fingerprint density at radius 2 is 1.65 bits per heavy atom. The molecule has 0 saturated heterocycles. The Balaban J connectivity index is 1.29. The van der Waals surface area contributed by atoms with Crippen molar-refractivity contribution in [3.63, 3.8) is 0 Å². The third-order valence-corrected chi connectivity index (χ3v) is 8.83. The largest absolute Gasteiger partial charge is 0.444 e. The molecule has 5 N–H and O–H groups in total.